The largest absolute Gasteiger partial charge is 0.493 e. The first-order chi connectivity index (χ1) is 13.9. The van der Waals surface area contributed by atoms with Gasteiger partial charge in [-0.25, -0.2) is 4.79 Å². The summed E-state index contributed by atoms with van der Waals surface area (Å²) in [6, 6.07) is 12.4. The highest BCUT2D eigenvalue weighted by atomic mass is 16.5. The lowest BCUT2D eigenvalue weighted by Gasteiger charge is -2.33. The normalized spacial score (nSPS) is 15.0. The van der Waals surface area contributed by atoms with E-state index in [1.807, 2.05) is 18.2 Å². The second-order valence-electron chi connectivity index (χ2n) is 7.52. The van der Waals surface area contributed by atoms with Crippen LogP contribution in [0.15, 0.2) is 42.5 Å². The number of hydrogen-bond acceptors (Lipinski definition) is 4. The zero-order valence-electron chi connectivity index (χ0n) is 17.1. The molecule has 1 aliphatic rings. The van der Waals surface area contributed by atoms with Crippen molar-refractivity contribution in [3.63, 3.8) is 0 Å². The zero-order chi connectivity index (χ0) is 21.0. The molecule has 2 aromatic carbocycles. The number of carboxylic acid groups (broad SMARTS) is 1. The van der Waals surface area contributed by atoms with Gasteiger partial charge in [0.25, 0.3) is 0 Å². The molecule has 0 saturated heterocycles. The SMILES string of the molecule is COc1ccc(C2(C(=O)N(C)Cc3ccc(C(=O)O)cc3)CCCC2)cc1OC. The summed E-state index contributed by atoms with van der Waals surface area (Å²) in [5, 5.41) is 9.05. The Labute approximate surface area is 171 Å². The molecule has 0 aliphatic heterocycles. The number of likely N-dealkylation sites (N-methyl/N-ethyl adjacent to an activating group) is 1. The third-order valence-corrected chi connectivity index (χ3v) is 5.77. The van der Waals surface area contributed by atoms with Crippen LogP contribution in [0.4, 0.5) is 0 Å². The second kappa shape index (κ2) is 8.55. The van der Waals surface area contributed by atoms with Gasteiger partial charge in [0.15, 0.2) is 11.5 Å². The number of methoxy groups -OCH3 is 2. The monoisotopic (exact) mass is 397 g/mol. The number of benzene rings is 2. The van der Waals surface area contributed by atoms with Crippen molar-refractivity contribution in [2.75, 3.05) is 21.3 Å². The minimum Gasteiger partial charge on any atom is -0.493 e. The van der Waals surface area contributed by atoms with E-state index in [4.69, 9.17) is 14.6 Å². The third kappa shape index (κ3) is 4.06. The van der Waals surface area contributed by atoms with Crippen LogP contribution in [0.5, 0.6) is 11.5 Å². The second-order valence-corrected chi connectivity index (χ2v) is 7.52. The van der Waals surface area contributed by atoms with E-state index >= 15 is 0 Å². The Morgan fingerprint density at radius 1 is 1.00 bits per heavy atom. The average Bonchev–Trinajstić information content (AvgIpc) is 3.24. The highest BCUT2D eigenvalue weighted by Gasteiger charge is 2.44. The number of rotatable bonds is 7. The smallest absolute Gasteiger partial charge is 0.335 e. The van der Waals surface area contributed by atoms with Gasteiger partial charge < -0.3 is 19.5 Å². The van der Waals surface area contributed by atoms with Crippen LogP contribution in [0.25, 0.3) is 0 Å². The molecule has 1 N–H and O–H groups in total. The summed E-state index contributed by atoms with van der Waals surface area (Å²) < 4.78 is 10.8. The minimum absolute atomic E-state index is 0.0736. The van der Waals surface area contributed by atoms with Gasteiger partial charge in [-0.3, -0.25) is 4.79 Å². The van der Waals surface area contributed by atoms with Crippen molar-refractivity contribution in [3.8, 4) is 11.5 Å². The average molecular weight is 397 g/mol. The molecule has 0 radical (unpaired) electrons. The van der Waals surface area contributed by atoms with Crippen molar-refractivity contribution in [1.29, 1.82) is 0 Å². The van der Waals surface area contributed by atoms with Crippen molar-refractivity contribution in [2.24, 2.45) is 0 Å². The molecular formula is C23H27NO5. The molecular weight excluding hydrogens is 370 g/mol. The molecule has 6 heteroatoms. The van der Waals surface area contributed by atoms with Crippen LogP contribution in [0.3, 0.4) is 0 Å². The number of carboxylic acids is 1. The Balaban J connectivity index is 1.86. The van der Waals surface area contributed by atoms with Gasteiger partial charge in [0.05, 0.1) is 25.2 Å². The van der Waals surface area contributed by atoms with E-state index < -0.39 is 11.4 Å². The molecule has 1 aliphatic carbocycles. The molecule has 1 amide bonds. The highest BCUT2D eigenvalue weighted by Crippen LogP contribution is 2.45. The molecule has 154 valence electrons. The summed E-state index contributed by atoms with van der Waals surface area (Å²) in [6.45, 7) is 0.424. The standard InChI is InChI=1S/C23H27NO5/c1-24(15-16-6-8-17(9-7-16)21(25)26)22(27)23(12-4-5-13-23)18-10-11-19(28-2)20(14-18)29-3/h6-11,14H,4-5,12-13,15H2,1-3H3,(H,25,26). The summed E-state index contributed by atoms with van der Waals surface area (Å²) in [5.41, 5.74) is 1.51. The summed E-state index contributed by atoms with van der Waals surface area (Å²) in [7, 11) is 4.99. The number of aromatic carboxylic acids is 1. The Hall–Kier alpha value is -3.02. The first kappa shape index (κ1) is 20.7. The maximum absolute atomic E-state index is 13.6. The van der Waals surface area contributed by atoms with Crippen molar-refractivity contribution in [1.82, 2.24) is 4.90 Å². The predicted molar refractivity (Wildman–Crippen MR) is 110 cm³/mol. The first-order valence-corrected chi connectivity index (χ1v) is 9.71. The Kier molecular flexibility index (Phi) is 6.11. The Morgan fingerprint density at radius 3 is 2.17 bits per heavy atom. The number of amides is 1. The van der Waals surface area contributed by atoms with Crippen LogP contribution in [0.2, 0.25) is 0 Å². The summed E-state index contributed by atoms with van der Waals surface area (Å²) in [4.78, 5) is 26.3. The molecule has 2 aromatic rings. The molecule has 6 nitrogen and oxygen atoms in total. The molecule has 0 aromatic heterocycles. The van der Waals surface area contributed by atoms with E-state index in [-0.39, 0.29) is 11.5 Å². The molecule has 1 fully saturated rings. The fourth-order valence-corrected chi connectivity index (χ4v) is 4.20. The number of nitrogens with zero attached hydrogens (tertiary/aromatic N) is 1. The topological polar surface area (TPSA) is 76.1 Å². The molecule has 0 bridgehead atoms. The maximum Gasteiger partial charge on any atom is 0.335 e. The fourth-order valence-electron chi connectivity index (χ4n) is 4.20. The Morgan fingerprint density at radius 2 is 1.62 bits per heavy atom. The molecule has 0 spiro atoms. The lowest BCUT2D eigenvalue weighted by atomic mass is 9.77. The van der Waals surface area contributed by atoms with E-state index in [2.05, 4.69) is 0 Å². The summed E-state index contributed by atoms with van der Waals surface area (Å²) >= 11 is 0. The third-order valence-electron chi connectivity index (χ3n) is 5.77. The Bertz CT molecular complexity index is 885. The predicted octanol–water partition coefficient (Wildman–Crippen LogP) is 3.87. The van der Waals surface area contributed by atoms with Gasteiger partial charge in [-0.15, -0.1) is 0 Å². The van der Waals surface area contributed by atoms with Crippen LogP contribution in [-0.4, -0.2) is 43.2 Å². The lowest BCUT2D eigenvalue weighted by Crippen LogP contribution is -2.43. The fraction of sp³-hybridized carbons (Fsp3) is 0.391. The number of carbonyl (C=O) groups excluding carboxylic acids is 1. The van der Waals surface area contributed by atoms with Crippen LogP contribution in [-0.2, 0) is 16.8 Å². The van der Waals surface area contributed by atoms with Crippen LogP contribution < -0.4 is 9.47 Å². The number of hydrogen-bond donors (Lipinski definition) is 1. The number of carbonyl (C=O) groups is 2. The molecule has 29 heavy (non-hydrogen) atoms. The molecule has 0 atom stereocenters. The zero-order valence-corrected chi connectivity index (χ0v) is 17.1. The first-order valence-electron chi connectivity index (χ1n) is 9.71. The molecule has 3 rings (SSSR count). The van der Waals surface area contributed by atoms with E-state index in [0.717, 1.165) is 36.8 Å². The van der Waals surface area contributed by atoms with Crippen molar-refractivity contribution < 1.29 is 24.2 Å². The van der Waals surface area contributed by atoms with Gasteiger partial charge in [0.1, 0.15) is 0 Å². The van der Waals surface area contributed by atoms with Gasteiger partial charge in [0, 0.05) is 13.6 Å². The van der Waals surface area contributed by atoms with Gasteiger partial charge in [-0.2, -0.15) is 0 Å². The van der Waals surface area contributed by atoms with Gasteiger partial charge in [-0.05, 0) is 48.2 Å². The minimum atomic E-state index is -0.959. The molecule has 1 saturated carbocycles. The van der Waals surface area contributed by atoms with E-state index in [1.54, 1.807) is 50.4 Å². The van der Waals surface area contributed by atoms with Gasteiger partial charge in [-0.1, -0.05) is 31.0 Å². The van der Waals surface area contributed by atoms with Gasteiger partial charge >= 0.3 is 5.97 Å². The molecule has 0 unspecified atom stereocenters. The van der Waals surface area contributed by atoms with Gasteiger partial charge in [0.2, 0.25) is 5.91 Å². The number of ether oxygens (including phenoxy) is 2. The highest BCUT2D eigenvalue weighted by molar-refractivity contribution is 5.89. The maximum atomic E-state index is 13.6. The van der Waals surface area contributed by atoms with E-state index in [9.17, 15) is 9.59 Å². The summed E-state index contributed by atoms with van der Waals surface area (Å²) in [5.74, 6) is 0.378. The van der Waals surface area contributed by atoms with E-state index in [0.29, 0.717) is 18.0 Å². The quantitative estimate of drug-likeness (QED) is 0.767. The van der Waals surface area contributed by atoms with Crippen molar-refractivity contribution in [3.05, 3.63) is 59.2 Å². The van der Waals surface area contributed by atoms with Crippen LogP contribution in [0, 0.1) is 0 Å². The van der Waals surface area contributed by atoms with Crippen LogP contribution in [0.1, 0.15) is 47.2 Å². The van der Waals surface area contributed by atoms with Crippen LogP contribution >= 0.6 is 0 Å². The van der Waals surface area contributed by atoms with Crippen molar-refractivity contribution in [2.45, 2.75) is 37.6 Å². The van der Waals surface area contributed by atoms with E-state index in [1.165, 1.54) is 0 Å². The summed E-state index contributed by atoms with van der Waals surface area (Å²) in [6.07, 6.45) is 3.59. The molecule has 0 heterocycles. The lowest BCUT2D eigenvalue weighted by molar-refractivity contribution is -0.136. The van der Waals surface area contributed by atoms with Crippen molar-refractivity contribution >= 4 is 11.9 Å².